The number of ether oxygens (including phenoxy) is 2. The molecule has 4 aromatic rings. The third kappa shape index (κ3) is 3.20. The van der Waals surface area contributed by atoms with Crippen molar-refractivity contribution >= 4 is 44.2 Å². The van der Waals surface area contributed by atoms with Gasteiger partial charge in [0, 0.05) is 17.7 Å². The van der Waals surface area contributed by atoms with Crippen molar-refractivity contribution in [1.82, 2.24) is 10.1 Å². The molecule has 1 N–H and O–H groups in total. The first-order valence-corrected chi connectivity index (χ1v) is 10.0. The van der Waals surface area contributed by atoms with E-state index >= 15 is 0 Å². The van der Waals surface area contributed by atoms with Gasteiger partial charge in [0.1, 0.15) is 30.2 Å². The SMILES string of the molecule is Cc1onc(-c2ccccc2Cl)c1C(=O)Nc1nc2cc3c(cc2s1)OCCO3. The Morgan fingerprint density at radius 3 is 2.72 bits per heavy atom. The Morgan fingerprint density at radius 2 is 1.93 bits per heavy atom. The van der Waals surface area contributed by atoms with Crippen LogP contribution in [0.15, 0.2) is 40.9 Å². The fourth-order valence-electron chi connectivity index (χ4n) is 3.15. The topological polar surface area (TPSA) is 86.5 Å². The Hall–Kier alpha value is -3.10. The number of rotatable bonds is 3. The van der Waals surface area contributed by atoms with E-state index in [-0.39, 0.29) is 5.91 Å². The van der Waals surface area contributed by atoms with Gasteiger partial charge in [-0.3, -0.25) is 10.1 Å². The Labute approximate surface area is 174 Å². The highest BCUT2D eigenvalue weighted by atomic mass is 35.5. The van der Waals surface area contributed by atoms with Gasteiger partial charge in [-0.05, 0) is 13.0 Å². The van der Waals surface area contributed by atoms with Crippen LogP contribution in [0.25, 0.3) is 21.5 Å². The van der Waals surface area contributed by atoms with E-state index < -0.39 is 0 Å². The van der Waals surface area contributed by atoms with Crippen molar-refractivity contribution in [3.8, 4) is 22.8 Å². The van der Waals surface area contributed by atoms with Gasteiger partial charge in [-0.1, -0.05) is 46.3 Å². The average molecular weight is 428 g/mol. The van der Waals surface area contributed by atoms with Crippen LogP contribution in [0.1, 0.15) is 16.1 Å². The van der Waals surface area contributed by atoms with Crippen molar-refractivity contribution in [3.63, 3.8) is 0 Å². The maximum absolute atomic E-state index is 13.0. The van der Waals surface area contributed by atoms with Gasteiger partial charge in [0.2, 0.25) is 0 Å². The van der Waals surface area contributed by atoms with Gasteiger partial charge in [0.05, 0.1) is 15.2 Å². The Kier molecular flexibility index (Phi) is 4.37. The predicted octanol–water partition coefficient (Wildman–Crippen LogP) is 4.94. The Morgan fingerprint density at radius 1 is 1.17 bits per heavy atom. The third-order valence-corrected chi connectivity index (χ3v) is 5.75. The second-order valence-electron chi connectivity index (χ2n) is 6.38. The molecule has 0 fully saturated rings. The number of nitrogens with zero attached hydrogens (tertiary/aromatic N) is 2. The minimum absolute atomic E-state index is 0.323. The molecule has 0 saturated carbocycles. The van der Waals surface area contributed by atoms with Crippen molar-refractivity contribution < 1.29 is 18.8 Å². The van der Waals surface area contributed by atoms with Crippen LogP contribution < -0.4 is 14.8 Å². The van der Waals surface area contributed by atoms with Crippen molar-refractivity contribution in [2.24, 2.45) is 0 Å². The van der Waals surface area contributed by atoms with E-state index in [1.54, 1.807) is 19.1 Å². The monoisotopic (exact) mass is 427 g/mol. The van der Waals surface area contributed by atoms with Gasteiger partial charge in [-0.15, -0.1) is 0 Å². The molecule has 1 aliphatic heterocycles. The number of hydrogen-bond donors (Lipinski definition) is 1. The first-order valence-electron chi connectivity index (χ1n) is 8.83. The van der Waals surface area contributed by atoms with E-state index in [2.05, 4.69) is 15.5 Å². The summed E-state index contributed by atoms with van der Waals surface area (Å²) in [7, 11) is 0. The number of aryl methyl sites for hydroxylation is 1. The van der Waals surface area contributed by atoms with Crippen LogP contribution in [0.5, 0.6) is 11.5 Å². The summed E-state index contributed by atoms with van der Waals surface area (Å²) in [6, 6.07) is 10.9. The minimum Gasteiger partial charge on any atom is -0.486 e. The van der Waals surface area contributed by atoms with Gasteiger partial charge >= 0.3 is 0 Å². The van der Waals surface area contributed by atoms with Gasteiger partial charge in [0.25, 0.3) is 5.91 Å². The number of anilines is 1. The van der Waals surface area contributed by atoms with Crippen molar-refractivity contribution in [3.05, 3.63) is 52.7 Å². The molecule has 0 unspecified atom stereocenters. The van der Waals surface area contributed by atoms with Gasteiger partial charge in [-0.25, -0.2) is 4.98 Å². The molecular formula is C20H14ClN3O4S. The standard InChI is InChI=1S/C20H14ClN3O4S/c1-10-17(18(24-28-10)11-4-2-3-5-12(11)21)19(25)23-20-22-13-8-14-15(9-16(13)29-20)27-7-6-26-14/h2-5,8-9H,6-7H2,1H3,(H,22,23,25). The molecule has 29 heavy (non-hydrogen) atoms. The van der Waals surface area contributed by atoms with Crippen LogP contribution in [0.2, 0.25) is 5.02 Å². The second kappa shape index (κ2) is 7.06. The van der Waals surface area contributed by atoms with E-state index in [0.29, 0.717) is 57.4 Å². The van der Waals surface area contributed by atoms with E-state index in [1.807, 2.05) is 24.3 Å². The number of hydrogen-bond acceptors (Lipinski definition) is 7. The normalized spacial score (nSPS) is 12.9. The van der Waals surface area contributed by atoms with Crippen LogP contribution in [0, 0.1) is 6.92 Å². The van der Waals surface area contributed by atoms with Crippen LogP contribution in [0.4, 0.5) is 5.13 Å². The Bertz CT molecular complexity index is 1210. The fraction of sp³-hybridized carbons (Fsp3) is 0.150. The number of fused-ring (bicyclic) bond motifs is 2. The summed E-state index contributed by atoms with van der Waals surface area (Å²) < 4.78 is 17.4. The zero-order valence-electron chi connectivity index (χ0n) is 15.2. The highest BCUT2D eigenvalue weighted by molar-refractivity contribution is 7.22. The predicted molar refractivity (Wildman–Crippen MR) is 110 cm³/mol. The number of carbonyl (C=O) groups is 1. The number of nitrogens with one attached hydrogen (secondary N) is 1. The van der Waals surface area contributed by atoms with Crippen LogP contribution in [-0.2, 0) is 0 Å². The summed E-state index contributed by atoms with van der Waals surface area (Å²) in [6.45, 7) is 2.70. The quantitative estimate of drug-likeness (QED) is 0.498. The zero-order chi connectivity index (χ0) is 20.0. The largest absolute Gasteiger partial charge is 0.486 e. The summed E-state index contributed by atoms with van der Waals surface area (Å²) in [4.78, 5) is 17.5. The van der Waals surface area contributed by atoms with Gasteiger partial charge in [0.15, 0.2) is 16.6 Å². The summed E-state index contributed by atoms with van der Waals surface area (Å²) in [5.74, 6) is 1.37. The van der Waals surface area contributed by atoms with Crippen LogP contribution in [-0.4, -0.2) is 29.3 Å². The van der Waals surface area contributed by atoms with Crippen molar-refractivity contribution in [1.29, 1.82) is 0 Å². The van der Waals surface area contributed by atoms with E-state index in [4.69, 9.17) is 25.6 Å². The zero-order valence-corrected chi connectivity index (χ0v) is 16.8. The summed E-state index contributed by atoms with van der Waals surface area (Å²) >= 11 is 7.62. The van der Waals surface area contributed by atoms with Crippen LogP contribution in [0.3, 0.4) is 0 Å². The van der Waals surface area contributed by atoms with Crippen molar-refractivity contribution in [2.75, 3.05) is 18.5 Å². The van der Waals surface area contributed by atoms with Crippen LogP contribution >= 0.6 is 22.9 Å². The maximum Gasteiger partial charge on any atom is 0.263 e. The number of aromatic nitrogens is 2. The molecular weight excluding hydrogens is 414 g/mol. The molecule has 1 amide bonds. The highest BCUT2D eigenvalue weighted by Gasteiger charge is 2.24. The fourth-order valence-corrected chi connectivity index (χ4v) is 4.25. The molecule has 0 bridgehead atoms. The number of halogens is 1. The number of thiazole rings is 1. The molecule has 0 aliphatic carbocycles. The number of amides is 1. The number of benzene rings is 2. The first kappa shape index (κ1) is 18.0. The lowest BCUT2D eigenvalue weighted by molar-refractivity contribution is 0.102. The maximum atomic E-state index is 13.0. The lowest BCUT2D eigenvalue weighted by Crippen LogP contribution is -2.15. The Balaban J connectivity index is 1.48. The summed E-state index contributed by atoms with van der Waals surface area (Å²) in [5.41, 5.74) is 2.07. The number of carbonyl (C=O) groups excluding carboxylic acids is 1. The molecule has 0 atom stereocenters. The summed E-state index contributed by atoms with van der Waals surface area (Å²) in [5, 5.41) is 7.82. The highest BCUT2D eigenvalue weighted by Crippen LogP contribution is 2.38. The van der Waals surface area contributed by atoms with E-state index in [1.165, 1.54) is 11.3 Å². The third-order valence-electron chi connectivity index (χ3n) is 4.49. The molecule has 5 rings (SSSR count). The lowest BCUT2D eigenvalue weighted by atomic mass is 10.1. The molecule has 0 radical (unpaired) electrons. The van der Waals surface area contributed by atoms with Gasteiger partial charge < -0.3 is 14.0 Å². The lowest BCUT2D eigenvalue weighted by Gasteiger charge is -2.17. The van der Waals surface area contributed by atoms with Gasteiger partial charge in [-0.2, -0.15) is 0 Å². The summed E-state index contributed by atoms with van der Waals surface area (Å²) in [6.07, 6.45) is 0. The molecule has 1 aliphatic rings. The second-order valence-corrected chi connectivity index (χ2v) is 7.82. The molecule has 3 heterocycles. The average Bonchev–Trinajstić information content (AvgIpc) is 3.28. The van der Waals surface area contributed by atoms with E-state index in [0.717, 1.165) is 10.2 Å². The first-order chi connectivity index (χ1) is 14.1. The smallest absolute Gasteiger partial charge is 0.263 e. The van der Waals surface area contributed by atoms with Crippen molar-refractivity contribution in [2.45, 2.75) is 6.92 Å². The molecule has 146 valence electrons. The molecule has 9 heteroatoms. The molecule has 0 saturated heterocycles. The molecule has 2 aromatic carbocycles. The molecule has 7 nitrogen and oxygen atoms in total. The molecule has 2 aromatic heterocycles. The minimum atomic E-state index is -0.366. The molecule has 0 spiro atoms. The van der Waals surface area contributed by atoms with E-state index in [9.17, 15) is 4.79 Å².